The van der Waals surface area contributed by atoms with Gasteiger partial charge in [-0.25, -0.2) is 0 Å². The van der Waals surface area contributed by atoms with Crippen LogP contribution in [0.4, 0.5) is 0 Å². The Balaban J connectivity index is 1.49. The van der Waals surface area contributed by atoms with E-state index in [9.17, 15) is 9.59 Å². The molecule has 0 bridgehead atoms. The third kappa shape index (κ3) is 1.09. The summed E-state index contributed by atoms with van der Waals surface area (Å²) in [5.74, 6) is 6.37. The maximum atomic E-state index is 12.5. The summed E-state index contributed by atoms with van der Waals surface area (Å²) in [5, 5.41) is 0. The van der Waals surface area contributed by atoms with Crippen molar-refractivity contribution in [2.45, 2.75) is 12.8 Å². The van der Waals surface area contributed by atoms with Crippen LogP contribution in [-0.2, 0) is 19.1 Å². The largest absolute Gasteiger partial charge is 0.469 e. The van der Waals surface area contributed by atoms with E-state index < -0.39 is 0 Å². The van der Waals surface area contributed by atoms with Gasteiger partial charge in [-0.05, 0) is 72.0 Å². The Morgan fingerprint density at radius 1 is 0.636 bits per heavy atom. The third-order valence-electron chi connectivity index (χ3n) is 8.59. The van der Waals surface area contributed by atoms with E-state index in [0.717, 1.165) is 0 Å². The van der Waals surface area contributed by atoms with Crippen LogP contribution in [0.2, 0.25) is 0 Å². The predicted molar refractivity (Wildman–Crippen MR) is 75.1 cm³/mol. The maximum absolute atomic E-state index is 12.5. The molecule has 22 heavy (non-hydrogen) atoms. The van der Waals surface area contributed by atoms with E-state index in [1.807, 2.05) is 0 Å². The van der Waals surface area contributed by atoms with E-state index in [4.69, 9.17) is 9.47 Å². The van der Waals surface area contributed by atoms with Crippen LogP contribution < -0.4 is 0 Å². The second-order valence-corrected chi connectivity index (χ2v) is 8.69. The molecular weight excluding hydrogens is 280 g/mol. The van der Waals surface area contributed by atoms with Crippen molar-refractivity contribution < 1.29 is 19.1 Å². The van der Waals surface area contributed by atoms with Gasteiger partial charge in [0.15, 0.2) is 0 Å². The number of carbonyl (C=O) groups excluding carboxylic acids is 2. The molecular formula is C18H22O4. The molecule has 6 aliphatic carbocycles. The number of ether oxygens (including phenoxy) is 2. The Kier molecular flexibility index (Phi) is 1.99. The van der Waals surface area contributed by atoms with Gasteiger partial charge in [-0.15, -0.1) is 0 Å². The molecule has 4 nitrogen and oxygen atoms in total. The van der Waals surface area contributed by atoms with Gasteiger partial charge in [0.05, 0.1) is 26.1 Å². The van der Waals surface area contributed by atoms with Gasteiger partial charge in [0.2, 0.25) is 0 Å². The second-order valence-electron chi connectivity index (χ2n) is 8.69. The van der Waals surface area contributed by atoms with Crippen molar-refractivity contribution in [1.82, 2.24) is 0 Å². The van der Waals surface area contributed by atoms with Crippen LogP contribution >= 0.6 is 0 Å². The highest BCUT2D eigenvalue weighted by Crippen LogP contribution is 2.84. The van der Waals surface area contributed by atoms with E-state index in [0.29, 0.717) is 59.2 Å². The molecule has 118 valence electrons. The number of fused-ring (bicyclic) bond motifs is 6. The van der Waals surface area contributed by atoms with Gasteiger partial charge < -0.3 is 9.47 Å². The zero-order chi connectivity index (χ0) is 14.9. The average Bonchev–Trinajstić information content (AvgIpc) is 3.35. The summed E-state index contributed by atoms with van der Waals surface area (Å²) in [5.41, 5.74) is 0. The molecule has 0 aromatic heterocycles. The lowest BCUT2D eigenvalue weighted by Crippen LogP contribution is -2.32. The number of carbonyl (C=O) groups is 2. The fourth-order valence-corrected chi connectivity index (χ4v) is 8.36. The summed E-state index contributed by atoms with van der Waals surface area (Å²) in [6.45, 7) is 0. The highest BCUT2D eigenvalue weighted by atomic mass is 16.5. The van der Waals surface area contributed by atoms with E-state index in [1.165, 1.54) is 12.8 Å². The molecule has 6 aliphatic rings. The molecule has 0 spiro atoms. The minimum Gasteiger partial charge on any atom is -0.469 e. The summed E-state index contributed by atoms with van der Waals surface area (Å²) >= 11 is 0. The first-order valence-corrected chi connectivity index (χ1v) is 8.84. The molecule has 4 heteroatoms. The molecule has 6 saturated carbocycles. The minimum absolute atomic E-state index is 0.0385. The summed E-state index contributed by atoms with van der Waals surface area (Å²) in [6.07, 6.45) is 2.46. The number of hydrogen-bond donors (Lipinski definition) is 0. The van der Waals surface area contributed by atoms with Crippen molar-refractivity contribution in [3.8, 4) is 0 Å². The standard InChI is InChI=1S/C18H22O4/c1-21-17(19)15-9-5-3-7(5)11-13(9)14-10(15)6-4-8(6)12(14)16(11)18(20)22-2/h5-16H,3-4H2,1-2H3. The Hall–Kier alpha value is -1.06. The van der Waals surface area contributed by atoms with Crippen LogP contribution in [0.25, 0.3) is 0 Å². The first-order chi connectivity index (χ1) is 10.7. The zero-order valence-electron chi connectivity index (χ0n) is 13.0. The number of esters is 2. The predicted octanol–water partition coefficient (Wildman–Crippen LogP) is 1.59. The van der Waals surface area contributed by atoms with Gasteiger partial charge in [-0.2, -0.15) is 0 Å². The maximum Gasteiger partial charge on any atom is 0.309 e. The van der Waals surface area contributed by atoms with Crippen molar-refractivity contribution >= 4 is 11.9 Å². The van der Waals surface area contributed by atoms with Crippen LogP contribution in [0.1, 0.15) is 12.8 Å². The Morgan fingerprint density at radius 2 is 0.955 bits per heavy atom. The van der Waals surface area contributed by atoms with Crippen molar-refractivity contribution in [3.63, 3.8) is 0 Å². The molecule has 0 N–H and O–H groups in total. The van der Waals surface area contributed by atoms with Crippen LogP contribution in [0.3, 0.4) is 0 Å². The Morgan fingerprint density at radius 3 is 1.23 bits per heavy atom. The average molecular weight is 302 g/mol. The highest BCUT2D eigenvalue weighted by molar-refractivity contribution is 5.77. The number of hydrogen-bond acceptors (Lipinski definition) is 4. The molecule has 8 unspecified atom stereocenters. The van der Waals surface area contributed by atoms with E-state index in [-0.39, 0.29) is 23.8 Å². The van der Waals surface area contributed by atoms with Crippen LogP contribution in [0.15, 0.2) is 0 Å². The number of rotatable bonds is 2. The normalized spacial score (nSPS) is 63.9. The summed E-state index contributed by atoms with van der Waals surface area (Å²) in [4.78, 5) is 25.0. The van der Waals surface area contributed by atoms with Gasteiger partial charge in [-0.3, -0.25) is 9.59 Å². The molecule has 6 fully saturated rings. The Bertz CT molecular complexity index is 516. The van der Waals surface area contributed by atoms with Gasteiger partial charge in [-0.1, -0.05) is 0 Å². The molecule has 0 radical (unpaired) electrons. The van der Waals surface area contributed by atoms with Crippen LogP contribution in [0, 0.1) is 71.0 Å². The first-order valence-electron chi connectivity index (χ1n) is 8.84. The van der Waals surface area contributed by atoms with Gasteiger partial charge in [0.25, 0.3) is 0 Å². The number of methoxy groups -OCH3 is 2. The minimum atomic E-state index is 0.0385. The molecule has 0 saturated heterocycles. The lowest BCUT2D eigenvalue weighted by atomic mass is 9.79. The van der Waals surface area contributed by atoms with Crippen LogP contribution in [-0.4, -0.2) is 26.2 Å². The SMILES string of the molecule is COC(=O)C1C2C3CC3C3C(C(=O)OC)C4C5CC5C1C4C23. The quantitative estimate of drug-likeness (QED) is 0.727. The molecule has 0 amide bonds. The first kappa shape index (κ1) is 12.4. The fourth-order valence-electron chi connectivity index (χ4n) is 8.36. The van der Waals surface area contributed by atoms with Crippen LogP contribution in [0.5, 0.6) is 0 Å². The third-order valence-corrected chi connectivity index (χ3v) is 8.59. The lowest BCUT2D eigenvalue weighted by molar-refractivity contribution is -0.149. The van der Waals surface area contributed by atoms with Gasteiger partial charge in [0.1, 0.15) is 0 Å². The monoisotopic (exact) mass is 302 g/mol. The smallest absolute Gasteiger partial charge is 0.309 e. The molecule has 6 rings (SSSR count). The summed E-state index contributed by atoms with van der Waals surface area (Å²) in [7, 11) is 3.09. The van der Waals surface area contributed by atoms with Crippen molar-refractivity contribution in [2.75, 3.05) is 14.2 Å². The lowest BCUT2D eigenvalue weighted by Gasteiger charge is -2.26. The van der Waals surface area contributed by atoms with Gasteiger partial charge >= 0.3 is 11.9 Å². The van der Waals surface area contributed by atoms with Gasteiger partial charge in [0, 0.05) is 0 Å². The second kappa shape index (κ2) is 3.54. The highest BCUT2D eigenvalue weighted by Gasteiger charge is 2.83. The Labute approximate surface area is 129 Å². The molecule has 0 heterocycles. The molecule has 8 atom stereocenters. The zero-order valence-corrected chi connectivity index (χ0v) is 13.0. The van der Waals surface area contributed by atoms with E-state index in [1.54, 1.807) is 14.2 Å². The summed E-state index contributed by atoms with van der Waals surface area (Å²) in [6, 6.07) is 0. The van der Waals surface area contributed by atoms with E-state index in [2.05, 4.69) is 0 Å². The van der Waals surface area contributed by atoms with Crippen molar-refractivity contribution in [1.29, 1.82) is 0 Å². The fraction of sp³-hybridized carbons (Fsp3) is 0.889. The molecule has 0 aromatic carbocycles. The molecule has 0 aliphatic heterocycles. The van der Waals surface area contributed by atoms with Crippen molar-refractivity contribution in [3.05, 3.63) is 0 Å². The van der Waals surface area contributed by atoms with E-state index >= 15 is 0 Å². The molecule has 0 aromatic rings. The topological polar surface area (TPSA) is 52.6 Å². The van der Waals surface area contributed by atoms with Crippen molar-refractivity contribution in [2.24, 2.45) is 71.0 Å². The summed E-state index contributed by atoms with van der Waals surface area (Å²) < 4.78 is 10.4.